The van der Waals surface area contributed by atoms with Gasteiger partial charge in [-0.05, 0) is 31.5 Å². The molecule has 1 aromatic rings. The van der Waals surface area contributed by atoms with Gasteiger partial charge in [0.15, 0.2) is 0 Å². The number of carboxylic acids is 1. The fourth-order valence-electron chi connectivity index (χ4n) is 1.19. The molecular weight excluding hydrogens is 228 g/mol. The minimum absolute atomic E-state index is 0.0883. The molecular formula is C10H12N2O3S. The summed E-state index contributed by atoms with van der Waals surface area (Å²) in [4.78, 5) is 23.8. The van der Waals surface area contributed by atoms with Crippen molar-refractivity contribution in [2.75, 3.05) is 11.9 Å². The molecule has 0 spiro atoms. The second kappa shape index (κ2) is 4.89. The van der Waals surface area contributed by atoms with E-state index in [2.05, 4.69) is 4.37 Å². The first-order chi connectivity index (χ1) is 7.49. The van der Waals surface area contributed by atoms with Gasteiger partial charge in [-0.2, -0.15) is 4.37 Å². The number of likely N-dealkylation sites (N-methyl/N-ethyl adjacent to an activating group) is 1. The van der Waals surface area contributed by atoms with Crippen LogP contribution in [-0.4, -0.2) is 28.4 Å². The normalized spacial score (nSPS) is 10.7. The number of carbonyl (C=O) groups excluding carboxylic acids is 1. The molecule has 0 saturated carbocycles. The summed E-state index contributed by atoms with van der Waals surface area (Å²) in [6, 6.07) is 0. The Labute approximate surface area is 97.2 Å². The number of allylic oxidation sites excluding steroid dienone is 1. The second-order valence-corrected chi connectivity index (χ2v) is 3.90. The Morgan fingerprint density at radius 1 is 1.50 bits per heavy atom. The summed E-state index contributed by atoms with van der Waals surface area (Å²) in [6.45, 7) is 3.33. The van der Waals surface area contributed by atoms with Gasteiger partial charge in [-0.15, -0.1) is 0 Å². The van der Waals surface area contributed by atoms with E-state index in [1.165, 1.54) is 18.0 Å². The summed E-state index contributed by atoms with van der Waals surface area (Å²) >= 11 is 1.01. The highest BCUT2D eigenvalue weighted by molar-refractivity contribution is 7.11. The average Bonchev–Trinajstić information content (AvgIpc) is 2.59. The largest absolute Gasteiger partial charge is 0.478 e. The lowest BCUT2D eigenvalue weighted by Gasteiger charge is -2.13. The van der Waals surface area contributed by atoms with E-state index in [1.54, 1.807) is 19.9 Å². The van der Waals surface area contributed by atoms with Crippen LogP contribution in [0.1, 0.15) is 23.0 Å². The van der Waals surface area contributed by atoms with Gasteiger partial charge in [0.05, 0.1) is 5.69 Å². The van der Waals surface area contributed by atoms with Gasteiger partial charge in [0.1, 0.15) is 10.6 Å². The molecule has 0 aliphatic carbocycles. The summed E-state index contributed by atoms with van der Waals surface area (Å²) in [5.74, 6) is -1.34. The van der Waals surface area contributed by atoms with Crippen molar-refractivity contribution in [2.45, 2.75) is 13.8 Å². The van der Waals surface area contributed by atoms with Crippen LogP contribution < -0.4 is 4.90 Å². The lowest BCUT2D eigenvalue weighted by molar-refractivity contribution is -0.113. The number of nitrogens with zero attached hydrogens (tertiary/aromatic N) is 2. The van der Waals surface area contributed by atoms with Crippen molar-refractivity contribution in [2.24, 2.45) is 0 Å². The van der Waals surface area contributed by atoms with Crippen molar-refractivity contribution in [3.05, 3.63) is 23.4 Å². The third-order valence-electron chi connectivity index (χ3n) is 2.00. The molecule has 0 saturated heterocycles. The van der Waals surface area contributed by atoms with Crippen LogP contribution in [-0.2, 0) is 4.79 Å². The van der Waals surface area contributed by atoms with Crippen LogP contribution in [0.3, 0.4) is 0 Å². The zero-order valence-electron chi connectivity index (χ0n) is 9.22. The first-order valence-electron chi connectivity index (χ1n) is 4.59. The molecule has 16 heavy (non-hydrogen) atoms. The van der Waals surface area contributed by atoms with Crippen molar-refractivity contribution in [1.82, 2.24) is 4.37 Å². The minimum atomic E-state index is -1.07. The van der Waals surface area contributed by atoms with Crippen LogP contribution in [0, 0.1) is 6.92 Å². The Hall–Kier alpha value is -1.69. The molecule has 0 atom stereocenters. The number of aryl methyl sites for hydroxylation is 1. The van der Waals surface area contributed by atoms with Gasteiger partial charge in [-0.1, -0.05) is 6.08 Å². The van der Waals surface area contributed by atoms with E-state index >= 15 is 0 Å². The van der Waals surface area contributed by atoms with Crippen LogP contribution >= 0.6 is 11.5 Å². The quantitative estimate of drug-likeness (QED) is 0.816. The Bertz CT molecular complexity index is 451. The van der Waals surface area contributed by atoms with E-state index in [9.17, 15) is 9.59 Å². The number of carbonyl (C=O) groups is 2. The topological polar surface area (TPSA) is 70.5 Å². The average molecular weight is 240 g/mol. The zero-order valence-corrected chi connectivity index (χ0v) is 10.0. The first kappa shape index (κ1) is 12.4. The summed E-state index contributed by atoms with van der Waals surface area (Å²) in [5.41, 5.74) is 0.512. The van der Waals surface area contributed by atoms with E-state index in [4.69, 9.17) is 5.11 Å². The molecule has 0 bridgehead atoms. The first-order valence-corrected chi connectivity index (χ1v) is 5.36. The summed E-state index contributed by atoms with van der Waals surface area (Å²) in [6.07, 6.45) is 2.98. The number of hydrogen-bond donors (Lipinski definition) is 1. The maximum Gasteiger partial charge on any atom is 0.340 e. The lowest BCUT2D eigenvalue weighted by atomic mass is 10.2. The number of carboxylic acid groups (broad SMARTS) is 1. The standard InChI is InChI=1S/C10H12N2O3S/c1-4-5-7(13)12(3)9-8(10(14)15)6(2)11-16-9/h4-5H,1-3H3,(H,14,15)/b5-4+. The number of anilines is 1. The SMILES string of the molecule is C/C=C/C(=O)N(C)c1snc(C)c1C(=O)O. The molecule has 86 valence electrons. The van der Waals surface area contributed by atoms with Crippen LogP contribution in [0.15, 0.2) is 12.2 Å². The van der Waals surface area contributed by atoms with Crippen molar-refractivity contribution in [3.63, 3.8) is 0 Å². The lowest BCUT2D eigenvalue weighted by Crippen LogP contribution is -2.24. The van der Waals surface area contributed by atoms with Crippen molar-refractivity contribution >= 4 is 28.4 Å². The smallest absolute Gasteiger partial charge is 0.340 e. The second-order valence-electron chi connectivity index (χ2n) is 3.15. The summed E-state index contributed by atoms with van der Waals surface area (Å²) in [5, 5.41) is 9.36. The maximum atomic E-state index is 11.6. The number of hydrogen-bond acceptors (Lipinski definition) is 4. The van der Waals surface area contributed by atoms with E-state index in [0.717, 1.165) is 11.5 Å². The van der Waals surface area contributed by atoms with Crippen molar-refractivity contribution in [3.8, 4) is 0 Å². The predicted molar refractivity (Wildman–Crippen MR) is 62.0 cm³/mol. The molecule has 1 heterocycles. The Morgan fingerprint density at radius 3 is 2.62 bits per heavy atom. The molecule has 1 amide bonds. The number of rotatable bonds is 3. The zero-order chi connectivity index (χ0) is 12.3. The van der Waals surface area contributed by atoms with E-state index in [-0.39, 0.29) is 11.5 Å². The molecule has 0 aromatic carbocycles. The maximum absolute atomic E-state index is 11.6. The summed E-state index contributed by atoms with van der Waals surface area (Å²) in [7, 11) is 1.53. The number of aromatic nitrogens is 1. The van der Waals surface area contributed by atoms with Gasteiger partial charge >= 0.3 is 5.97 Å². The molecule has 0 unspecified atom stereocenters. The number of aromatic carboxylic acids is 1. The van der Waals surface area contributed by atoms with Crippen LogP contribution in [0.2, 0.25) is 0 Å². The van der Waals surface area contributed by atoms with Crippen LogP contribution in [0.25, 0.3) is 0 Å². The Balaban J connectivity index is 3.14. The molecule has 1 aromatic heterocycles. The molecule has 1 rings (SSSR count). The van der Waals surface area contributed by atoms with Gasteiger partial charge < -0.3 is 10.0 Å². The molecule has 5 nitrogen and oxygen atoms in total. The van der Waals surface area contributed by atoms with Crippen LogP contribution in [0.5, 0.6) is 0 Å². The minimum Gasteiger partial charge on any atom is -0.478 e. The monoisotopic (exact) mass is 240 g/mol. The Kier molecular flexibility index (Phi) is 3.78. The highest BCUT2D eigenvalue weighted by Gasteiger charge is 2.22. The Morgan fingerprint density at radius 2 is 2.12 bits per heavy atom. The van der Waals surface area contributed by atoms with Crippen molar-refractivity contribution in [1.29, 1.82) is 0 Å². The van der Waals surface area contributed by atoms with E-state index in [0.29, 0.717) is 10.7 Å². The molecule has 0 fully saturated rings. The molecule has 1 N–H and O–H groups in total. The van der Waals surface area contributed by atoms with Gasteiger partial charge in [-0.25, -0.2) is 4.79 Å². The molecule has 6 heteroatoms. The van der Waals surface area contributed by atoms with Crippen molar-refractivity contribution < 1.29 is 14.7 Å². The highest BCUT2D eigenvalue weighted by Crippen LogP contribution is 2.27. The van der Waals surface area contributed by atoms with E-state index in [1.807, 2.05) is 0 Å². The predicted octanol–water partition coefficient (Wildman–Crippen LogP) is 1.69. The van der Waals surface area contributed by atoms with Crippen LogP contribution in [0.4, 0.5) is 5.00 Å². The fourth-order valence-corrected chi connectivity index (χ4v) is 2.04. The van der Waals surface area contributed by atoms with E-state index < -0.39 is 5.97 Å². The summed E-state index contributed by atoms with van der Waals surface area (Å²) < 4.78 is 3.94. The van der Waals surface area contributed by atoms with Gasteiger partial charge in [-0.3, -0.25) is 4.79 Å². The van der Waals surface area contributed by atoms with Gasteiger partial charge in [0.25, 0.3) is 5.91 Å². The van der Waals surface area contributed by atoms with Gasteiger partial charge in [0, 0.05) is 7.05 Å². The molecule has 0 radical (unpaired) electrons. The third-order valence-corrected chi connectivity index (χ3v) is 3.02. The molecule has 0 aliphatic heterocycles. The third kappa shape index (κ3) is 2.27. The number of amides is 1. The fraction of sp³-hybridized carbons (Fsp3) is 0.300. The van der Waals surface area contributed by atoms with Gasteiger partial charge in [0.2, 0.25) is 0 Å². The highest BCUT2D eigenvalue weighted by atomic mass is 32.1. The molecule has 0 aliphatic rings.